The van der Waals surface area contributed by atoms with Crippen molar-refractivity contribution in [2.24, 2.45) is 0 Å². The summed E-state index contributed by atoms with van der Waals surface area (Å²) >= 11 is 0. The quantitative estimate of drug-likeness (QED) is 0.904. The van der Waals surface area contributed by atoms with Crippen LogP contribution >= 0.6 is 0 Å². The van der Waals surface area contributed by atoms with Crippen molar-refractivity contribution in [2.45, 2.75) is 34.2 Å². The van der Waals surface area contributed by atoms with Crippen LogP contribution in [0.4, 0.5) is 11.4 Å². The highest BCUT2D eigenvalue weighted by atomic mass is 16.3. The summed E-state index contributed by atoms with van der Waals surface area (Å²) in [5.41, 5.74) is 12.1. The van der Waals surface area contributed by atoms with Crippen LogP contribution in [0.25, 0.3) is 0 Å². The second-order valence-corrected chi connectivity index (χ2v) is 5.41. The van der Waals surface area contributed by atoms with E-state index in [-0.39, 0.29) is 5.75 Å². The number of hydrogen-bond acceptors (Lipinski definition) is 4. The molecule has 3 N–H and O–H groups in total. The topological polar surface area (TPSA) is 62.4 Å². The largest absolute Gasteiger partial charge is 0.508 e. The molecule has 0 fully saturated rings. The fourth-order valence-electron chi connectivity index (χ4n) is 2.44. The van der Waals surface area contributed by atoms with E-state index in [1.54, 1.807) is 12.1 Å². The number of nitrogens with zero attached hydrogens (tertiary/aromatic N) is 2. The molecule has 0 aliphatic rings. The number of aromatic nitrogens is 1. The van der Waals surface area contributed by atoms with Gasteiger partial charge in [-0.15, -0.1) is 0 Å². The van der Waals surface area contributed by atoms with E-state index in [1.165, 1.54) is 0 Å². The molecule has 0 atom stereocenters. The van der Waals surface area contributed by atoms with Gasteiger partial charge in [0.25, 0.3) is 0 Å². The van der Waals surface area contributed by atoms with Crippen molar-refractivity contribution >= 4 is 11.4 Å². The Hall–Kier alpha value is -2.23. The molecule has 0 radical (unpaired) electrons. The highest BCUT2D eigenvalue weighted by Gasteiger charge is 2.13. The zero-order valence-corrected chi connectivity index (χ0v) is 13.1. The summed E-state index contributed by atoms with van der Waals surface area (Å²) in [5, 5.41) is 9.72. The number of rotatable bonds is 4. The first-order chi connectivity index (χ1) is 9.93. The average Bonchev–Trinajstić information content (AvgIpc) is 2.47. The molecular weight excluding hydrogens is 262 g/mol. The molecule has 2 aromatic rings. The molecule has 4 nitrogen and oxygen atoms in total. The molecule has 0 spiro atoms. The van der Waals surface area contributed by atoms with E-state index in [1.807, 2.05) is 33.0 Å². The standard InChI is InChI=1S/C17H23N3O/c1-5-20(16-8-14(21)7-6-11(16)2)10-15-13(4)17(18)12(3)9-19-15/h6-9,21H,5,10H2,1-4H3,(H2,18,19). The van der Waals surface area contributed by atoms with Gasteiger partial charge in [0.05, 0.1) is 12.2 Å². The monoisotopic (exact) mass is 285 g/mol. The molecule has 21 heavy (non-hydrogen) atoms. The third-order valence-corrected chi connectivity index (χ3v) is 3.93. The lowest BCUT2D eigenvalue weighted by molar-refractivity contribution is 0.475. The van der Waals surface area contributed by atoms with E-state index in [0.717, 1.165) is 40.3 Å². The van der Waals surface area contributed by atoms with E-state index < -0.39 is 0 Å². The number of pyridine rings is 1. The van der Waals surface area contributed by atoms with E-state index in [9.17, 15) is 5.11 Å². The highest BCUT2D eigenvalue weighted by molar-refractivity contribution is 5.58. The Labute approximate surface area is 126 Å². The van der Waals surface area contributed by atoms with Crippen molar-refractivity contribution in [3.8, 4) is 5.75 Å². The maximum Gasteiger partial charge on any atom is 0.117 e. The predicted molar refractivity (Wildman–Crippen MR) is 87.7 cm³/mol. The molecule has 2 rings (SSSR count). The Balaban J connectivity index is 2.36. The molecule has 0 saturated heterocycles. The minimum absolute atomic E-state index is 0.280. The van der Waals surface area contributed by atoms with E-state index in [0.29, 0.717) is 6.54 Å². The van der Waals surface area contributed by atoms with E-state index in [4.69, 9.17) is 5.73 Å². The van der Waals surface area contributed by atoms with Gasteiger partial charge in [-0.1, -0.05) is 6.07 Å². The van der Waals surface area contributed by atoms with Crippen molar-refractivity contribution in [3.63, 3.8) is 0 Å². The number of benzene rings is 1. The SMILES string of the molecule is CCN(Cc1ncc(C)c(N)c1C)c1cc(O)ccc1C. The Morgan fingerprint density at radius 1 is 1.19 bits per heavy atom. The van der Waals surface area contributed by atoms with Gasteiger partial charge in [0.1, 0.15) is 5.75 Å². The molecule has 4 heteroatoms. The van der Waals surface area contributed by atoms with Crippen LogP contribution in [0, 0.1) is 20.8 Å². The van der Waals surface area contributed by atoms with Crippen molar-refractivity contribution in [3.05, 3.63) is 46.8 Å². The number of hydrogen-bond donors (Lipinski definition) is 2. The molecule has 0 amide bonds. The van der Waals surface area contributed by atoms with Crippen molar-refractivity contribution < 1.29 is 5.11 Å². The van der Waals surface area contributed by atoms with Crippen molar-refractivity contribution in [1.82, 2.24) is 4.98 Å². The lowest BCUT2D eigenvalue weighted by Crippen LogP contribution is -2.24. The summed E-state index contributed by atoms with van der Waals surface area (Å²) in [4.78, 5) is 6.71. The highest BCUT2D eigenvalue weighted by Crippen LogP contribution is 2.27. The summed E-state index contributed by atoms with van der Waals surface area (Å²) in [6.07, 6.45) is 1.82. The number of phenols is 1. The lowest BCUT2D eigenvalue weighted by atomic mass is 10.1. The van der Waals surface area contributed by atoms with Crippen LogP contribution in [0.15, 0.2) is 24.4 Å². The molecule has 0 aliphatic heterocycles. The Morgan fingerprint density at radius 3 is 2.57 bits per heavy atom. The number of anilines is 2. The summed E-state index contributed by atoms with van der Waals surface area (Å²) < 4.78 is 0. The van der Waals surface area contributed by atoms with E-state index in [2.05, 4.69) is 16.8 Å². The van der Waals surface area contributed by atoms with Gasteiger partial charge in [-0.05, 0) is 50.5 Å². The smallest absolute Gasteiger partial charge is 0.117 e. The van der Waals surface area contributed by atoms with Gasteiger partial charge in [0, 0.05) is 30.2 Å². The van der Waals surface area contributed by atoms with Gasteiger partial charge in [-0.3, -0.25) is 4.98 Å². The fourth-order valence-corrected chi connectivity index (χ4v) is 2.44. The van der Waals surface area contributed by atoms with Crippen LogP contribution in [0.1, 0.15) is 29.3 Å². The lowest BCUT2D eigenvalue weighted by Gasteiger charge is -2.26. The van der Waals surface area contributed by atoms with Gasteiger partial charge >= 0.3 is 0 Å². The van der Waals surface area contributed by atoms with Crippen LogP contribution < -0.4 is 10.6 Å². The average molecular weight is 285 g/mol. The maximum atomic E-state index is 9.72. The number of aryl methyl sites for hydroxylation is 2. The molecule has 1 heterocycles. The van der Waals surface area contributed by atoms with E-state index >= 15 is 0 Å². The number of nitrogen functional groups attached to an aromatic ring is 1. The van der Waals surface area contributed by atoms with Gasteiger partial charge in [-0.2, -0.15) is 0 Å². The number of aromatic hydroxyl groups is 1. The molecule has 0 bridgehead atoms. The zero-order chi connectivity index (χ0) is 15.6. The minimum atomic E-state index is 0.280. The summed E-state index contributed by atoms with van der Waals surface area (Å²) in [7, 11) is 0. The van der Waals surface area contributed by atoms with Crippen LogP contribution in [0.5, 0.6) is 5.75 Å². The molecule has 1 aromatic heterocycles. The Bertz CT molecular complexity index is 653. The summed E-state index contributed by atoms with van der Waals surface area (Å²) in [5.74, 6) is 0.280. The minimum Gasteiger partial charge on any atom is -0.508 e. The van der Waals surface area contributed by atoms with Crippen LogP contribution in [-0.2, 0) is 6.54 Å². The number of nitrogens with two attached hydrogens (primary N) is 1. The van der Waals surface area contributed by atoms with Crippen LogP contribution in [0.2, 0.25) is 0 Å². The maximum absolute atomic E-state index is 9.72. The molecule has 0 aliphatic carbocycles. The molecule has 0 saturated carbocycles. The first-order valence-electron chi connectivity index (χ1n) is 7.19. The first kappa shape index (κ1) is 15.2. The van der Waals surface area contributed by atoms with Crippen molar-refractivity contribution in [2.75, 3.05) is 17.2 Å². The van der Waals surface area contributed by atoms with Gasteiger partial charge in [0.2, 0.25) is 0 Å². The zero-order valence-electron chi connectivity index (χ0n) is 13.1. The van der Waals surface area contributed by atoms with Crippen LogP contribution in [0.3, 0.4) is 0 Å². The third kappa shape index (κ3) is 3.10. The predicted octanol–water partition coefficient (Wildman–Crippen LogP) is 3.32. The second kappa shape index (κ2) is 6.04. The van der Waals surface area contributed by atoms with Gasteiger partial charge in [0.15, 0.2) is 0 Å². The van der Waals surface area contributed by atoms with Crippen LogP contribution in [-0.4, -0.2) is 16.6 Å². The fraction of sp³-hybridized carbons (Fsp3) is 0.353. The van der Waals surface area contributed by atoms with Gasteiger partial charge in [-0.25, -0.2) is 0 Å². The summed E-state index contributed by atoms with van der Waals surface area (Å²) in [6.45, 7) is 9.62. The molecule has 1 aromatic carbocycles. The van der Waals surface area contributed by atoms with Crippen molar-refractivity contribution in [1.29, 1.82) is 0 Å². The first-order valence-corrected chi connectivity index (χ1v) is 7.19. The second-order valence-electron chi connectivity index (χ2n) is 5.41. The molecular formula is C17H23N3O. The molecule has 0 unspecified atom stereocenters. The summed E-state index contributed by atoms with van der Waals surface area (Å²) in [6, 6.07) is 5.43. The number of phenolic OH excluding ortho intramolecular Hbond substituents is 1. The van der Waals surface area contributed by atoms with Gasteiger partial charge < -0.3 is 15.7 Å². The molecule has 112 valence electrons. The normalized spacial score (nSPS) is 10.7. The third-order valence-electron chi connectivity index (χ3n) is 3.93. The Kier molecular flexibility index (Phi) is 4.36. The Morgan fingerprint density at radius 2 is 1.90 bits per heavy atom.